The first kappa shape index (κ1) is 17.2. The van der Waals surface area contributed by atoms with Gasteiger partial charge in [0.25, 0.3) is 11.8 Å². The van der Waals surface area contributed by atoms with Gasteiger partial charge in [-0.2, -0.15) is 0 Å². The number of fused-ring (bicyclic) bond motifs is 1. The van der Waals surface area contributed by atoms with Gasteiger partial charge in [0.05, 0.1) is 23.1 Å². The summed E-state index contributed by atoms with van der Waals surface area (Å²) >= 11 is 1.37. The van der Waals surface area contributed by atoms with Crippen LogP contribution in [0.25, 0.3) is 10.8 Å². The molecule has 2 amide bonds. The Bertz CT molecular complexity index is 989. The number of amides is 2. The van der Waals surface area contributed by atoms with E-state index in [0.29, 0.717) is 27.6 Å². The molecule has 27 heavy (non-hydrogen) atoms. The van der Waals surface area contributed by atoms with Crippen molar-refractivity contribution in [2.24, 2.45) is 0 Å². The van der Waals surface area contributed by atoms with E-state index < -0.39 is 23.8 Å². The number of nitrogens with zero attached hydrogens (tertiary/aromatic N) is 2. The van der Waals surface area contributed by atoms with Crippen LogP contribution in [0.2, 0.25) is 0 Å². The Labute approximate surface area is 158 Å². The van der Waals surface area contributed by atoms with Crippen LogP contribution in [-0.4, -0.2) is 33.7 Å². The highest BCUT2D eigenvalue weighted by Gasteiger charge is 2.41. The molecule has 1 aromatic carbocycles. The Balaban J connectivity index is 1.42. The van der Waals surface area contributed by atoms with Crippen LogP contribution in [0.1, 0.15) is 33.3 Å². The van der Waals surface area contributed by atoms with Crippen molar-refractivity contribution in [3.05, 3.63) is 64.9 Å². The quantitative estimate of drug-likeness (QED) is 0.497. The largest absolute Gasteiger partial charge is 0.462 e. The molecule has 3 heterocycles. The molecule has 0 saturated carbocycles. The highest BCUT2D eigenvalue weighted by molar-refractivity contribution is 7.13. The summed E-state index contributed by atoms with van der Waals surface area (Å²) in [4.78, 5) is 42.5. The zero-order chi connectivity index (χ0) is 19.0. The number of furan rings is 1. The van der Waals surface area contributed by atoms with Gasteiger partial charge in [-0.3, -0.25) is 14.5 Å². The molecule has 0 N–H and O–H groups in total. The Morgan fingerprint density at radius 1 is 1.19 bits per heavy atom. The maximum absolute atomic E-state index is 12.4. The van der Waals surface area contributed by atoms with Gasteiger partial charge in [0.2, 0.25) is 0 Å². The first-order chi connectivity index (χ1) is 13.1. The molecule has 1 unspecified atom stereocenters. The van der Waals surface area contributed by atoms with Crippen LogP contribution in [-0.2, 0) is 16.1 Å². The van der Waals surface area contributed by atoms with E-state index in [0.717, 1.165) is 4.90 Å². The zero-order valence-corrected chi connectivity index (χ0v) is 15.1. The van der Waals surface area contributed by atoms with Crippen molar-refractivity contribution in [2.45, 2.75) is 19.6 Å². The third-order valence-corrected chi connectivity index (χ3v) is 5.11. The molecular formula is C19H14N2O5S. The fourth-order valence-electron chi connectivity index (χ4n) is 2.82. The highest BCUT2D eigenvalue weighted by Crippen LogP contribution is 2.26. The van der Waals surface area contributed by atoms with Crippen LogP contribution < -0.4 is 0 Å². The molecule has 0 aliphatic carbocycles. The number of hydrogen-bond acceptors (Lipinski definition) is 7. The van der Waals surface area contributed by atoms with Crippen LogP contribution in [0.15, 0.2) is 52.5 Å². The van der Waals surface area contributed by atoms with Crippen LogP contribution in [0.3, 0.4) is 0 Å². The summed E-state index contributed by atoms with van der Waals surface area (Å²) in [6, 6.07) is 9.02. The third kappa shape index (κ3) is 3.04. The van der Waals surface area contributed by atoms with Crippen LogP contribution in [0, 0.1) is 0 Å². The smallest absolute Gasteiger partial charge is 0.329 e. The molecule has 0 spiro atoms. The predicted molar refractivity (Wildman–Crippen MR) is 96.0 cm³/mol. The topological polar surface area (TPSA) is 89.7 Å². The summed E-state index contributed by atoms with van der Waals surface area (Å²) in [5.41, 5.74) is 1.16. The van der Waals surface area contributed by atoms with E-state index in [1.54, 1.807) is 48.0 Å². The lowest BCUT2D eigenvalue weighted by atomic mass is 10.1. The number of hydrogen-bond donors (Lipinski definition) is 0. The molecule has 1 aliphatic heterocycles. The standard InChI is InChI=1S/C19H14N2O5S/c1-11(21-17(22)13-5-2-3-6-14(13)18(21)23)19(24)26-9-12-10-27-16(20-12)15-7-4-8-25-15/h2-8,10-11H,9H2,1H3. The predicted octanol–water partition coefficient (Wildman–Crippen LogP) is 3.13. The second kappa shape index (κ2) is 6.81. The van der Waals surface area contributed by atoms with E-state index in [2.05, 4.69) is 4.98 Å². The fourth-order valence-corrected chi connectivity index (χ4v) is 3.59. The van der Waals surface area contributed by atoms with E-state index in [4.69, 9.17) is 9.15 Å². The van der Waals surface area contributed by atoms with Gasteiger partial charge in [-0.1, -0.05) is 12.1 Å². The lowest BCUT2D eigenvalue weighted by Crippen LogP contribution is -2.43. The van der Waals surface area contributed by atoms with E-state index in [9.17, 15) is 14.4 Å². The van der Waals surface area contributed by atoms with Crippen molar-refractivity contribution in [2.75, 3.05) is 0 Å². The summed E-state index contributed by atoms with van der Waals surface area (Å²) in [5, 5.41) is 2.44. The van der Waals surface area contributed by atoms with Gasteiger partial charge < -0.3 is 9.15 Å². The number of rotatable bonds is 5. The van der Waals surface area contributed by atoms with E-state index >= 15 is 0 Å². The molecule has 7 nitrogen and oxygen atoms in total. The highest BCUT2D eigenvalue weighted by atomic mass is 32.1. The van der Waals surface area contributed by atoms with Crippen LogP contribution >= 0.6 is 11.3 Å². The molecule has 2 aromatic heterocycles. The maximum Gasteiger partial charge on any atom is 0.329 e. The number of thiazole rings is 1. The molecule has 0 saturated heterocycles. The molecule has 0 radical (unpaired) electrons. The van der Waals surface area contributed by atoms with E-state index in [1.807, 2.05) is 0 Å². The van der Waals surface area contributed by atoms with Crippen molar-refractivity contribution in [3.63, 3.8) is 0 Å². The van der Waals surface area contributed by atoms with Gasteiger partial charge >= 0.3 is 5.97 Å². The van der Waals surface area contributed by atoms with Gasteiger partial charge in [0.15, 0.2) is 10.8 Å². The van der Waals surface area contributed by atoms with Gasteiger partial charge in [-0.05, 0) is 31.2 Å². The van der Waals surface area contributed by atoms with Crippen molar-refractivity contribution < 1.29 is 23.5 Å². The maximum atomic E-state index is 12.4. The fraction of sp³-hybridized carbons (Fsp3) is 0.158. The minimum atomic E-state index is -1.03. The first-order valence-corrected chi connectivity index (χ1v) is 9.06. The zero-order valence-electron chi connectivity index (χ0n) is 14.2. The summed E-state index contributed by atoms with van der Waals surface area (Å²) < 4.78 is 10.5. The molecule has 4 rings (SSSR count). The Kier molecular flexibility index (Phi) is 4.33. The number of esters is 1. The molecule has 0 fully saturated rings. The number of carbonyl (C=O) groups is 3. The minimum absolute atomic E-state index is 0.0520. The second-order valence-electron chi connectivity index (χ2n) is 5.93. The monoisotopic (exact) mass is 382 g/mol. The Morgan fingerprint density at radius 3 is 2.52 bits per heavy atom. The summed E-state index contributed by atoms with van der Waals surface area (Å²) in [7, 11) is 0. The number of ether oxygens (including phenoxy) is 1. The number of carbonyl (C=O) groups excluding carboxylic acids is 3. The summed E-state index contributed by atoms with van der Waals surface area (Å²) in [6.07, 6.45) is 1.56. The average Bonchev–Trinajstić information content (AvgIpc) is 3.41. The lowest BCUT2D eigenvalue weighted by Gasteiger charge is -2.20. The normalized spacial score (nSPS) is 14.3. The van der Waals surface area contributed by atoms with E-state index in [-0.39, 0.29) is 6.61 Å². The number of imide groups is 1. The van der Waals surface area contributed by atoms with E-state index in [1.165, 1.54) is 18.3 Å². The number of benzene rings is 1. The van der Waals surface area contributed by atoms with Crippen LogP contribution in [0.5, 0.6) is 0 Å². The van der Waals surface area contributed by atoms with Crippen molar-refractivity contribution in [1.82, 2.24) is 9.88 Å². The number of aromatic nitrogens is 1. The van der Waals surface area contributed by atoms with Gasteiger partial charge in [0.1, 0.15) is 12.6 Å². The average molecular weight is 382 g/mol. The SMILES string of the molecule is CC(C(=O)OCc1csc(-c2ccco2)n1)N1C(=O)c2ccccc2C1=O. The Morgan fingerprint density at radius 2 is 1.89 bits per heavy atom. The molecule has 0 bridgehead atoms. The molecule has 8 heteroatoms. The summed E-state index contributed by atoms with van der Waals surface area (Å²) in [5.74, 6) is -1.02. The molecule has 3 aromatic rings. The first-order valence-electron chi connectivity index (χ1n) is 8.18. The van der Waals surface area contributed by atoms with Crippen LogP contribution in [0.4, 0.5) is 0 Å². The Hall–Kier alpha value is -3.26. The molecule has 1 aliphatic rings. The van der Waals surface area contributed by atoms with Gasteiger partial charge in [-0.15, -0.1) is 11.3 Å². The molecule has 1 atom stereocenters. The van der Waals surface area contributed by atoms with Gasteiger partial charge in [-0.25, -0.2) is 9.78 Å². The lowest BCUT2D eigenvalue weighted by molar-refractivity contribution is -0.149. The molecule has 136 valence electrons. The van der Waals surface area contributed by atoms with Gasteiger partial charge in [0, 0.05) is 5.38 Å². The van der Waals surface area contributed by atoms with Crippen molar-refractivity contribution in [1.29, 1.82) is 0 Å². The van der Waals surface area contributed by atoms with Crippen molar-refractivity contribution in [3.8, 4) is 10.8 Å². The summed E-state index contributed by atoms with van der Waals surface area (Å²) in [6.45, 7) is 1.42. The second-order valence-corrected chi connectivity index (χ2v) is 6.79. The third-order valence-electron chi connectivity index (χ3n) is 4.20. The molecular weight excluding hydrogens is 368 g/mol. The minimum Gasteiger partial charge on any atom is -0.462 e. The van der Waals surface area contributed by atoms with Crippen molar-refractivity contribution >= 4 is 29.1 Å².